The molecule has 0 saturated carbocycles. The highest BCUT2D eigenvalue weighted by molar-refractivity contribution is 7.91. The molecule has 1 unspecified atom stereocenters. The van der Waals surface area contributed by atoms with Crippen molar-refractivity contribution in [3.05, 3.63) is 60.8 Å². The molecule has 0 aliphatic carbocycles. The van der Waals surface area contributed by atoms with Crippen LogP contribution in [0, 0.1) is 0 Å². The highest BCUT2D eigenvalue weighted by Gasteiger charge is 2.19. The molecule has 0 fully saturated rings. The van der Waals surface area contributed by atoms with Crippen LogP contribution in [0.4, 0.5) is 0 Å². The molecule has 5 nitrogen and oxygen atoms in total. The number of hydrogen-bond acceptors (Lipinski definition) is 5. The monoisotopic (exact) mass is 370 g/mol. The topological polar surface area (TPSA) is 59.5 Å². The van der Waals surface area contributed by atoms with Crippen molar-refractivity contribution < 1.29 is 13.2 Å². The third-order valence-electron chi connectivity index (χ3n) is 3.96. The van der Waals surface area contributed by atoms with Crippen molar-refractivity contribution in [2.75, 3.05) is 20.6 Å². The molecular weight excluding hydrogens is 348 g/mol. The summed E-state index contributed by atoms with van der Waals surface area (Å²) in [5.74, 6) is 0.653. The number of ether oxygens (including phenoxy) is 1. The molecule has 0 saturated heterocycles. The highest BCUT2D eigenvalue weighted by atomic mass is 32.2. The van der Waals surface area contributed by atoms with Gasteiger partial charge in [-0.15, -0.1) is 0 Å². The Kier molecular flexibility index (Phi) is 5.25. The van der Waals surface area contributed by atoms with Crippen LogP contribution in [0.5, 0.6) is 5.75 Å². The van der Waals surface area contributed by atoms with E-state index >= 15 is 0 Å². The van der Waals surface area contributed by atoms with Crippen LogP contribution in [0.15, 0.2) is 70.6 Å². The summed E-state index contributed by atoms with van der Waals surface area (Å²) in [5.41, 5.74) is 0.658. The van der Waals surface area contributed by atoms with Crippen molar-refractivity contribution >= 4 is 20.7 Å². The van der Waals surface area contributed by atoms with Crippen LogP contribution in [0.1, 0.15) is 6.92 Å². The molecular formula is C20H22N2O3S. The molecule has 1 heterocycles. The Balaban J connectivity index is 1.98. The van der Waals surface area contributed by atoms with E-state index in [1.807, 2.05) is 44.1 Å². The number of fused-ring (bicyclic) bond motifs is 1. The molecule has 0 radical (unpaired) electrons. The summed E-state index contributed by atoms with van der Waals surface area (Å²) in [5, 5.41) is 0.733. The van der Waals surface area contributed by atoms with Gasteiger partial charge in [-0.3, -0.25) is 4.98 Å². The van der Waals surface area contributed by atoms with E-state index in [0.717, 1.165) is 11.9 Å². The van der Waals surface area contributed by atoms with Crippen LogP contribution >= 0.6 is 0 Å². The summed E-state index contributed by atoms with van der Waals surface area (Å²) in [4.78, 5) is 6.87. The minimum absolute atomic E-state index is 0.00914. The van der Waals surface area contributed by atoms with Crippen LogP contribution in [0.3, 0.4) is 0 Å². The SMILES string of the molecule is CC(CN(C)C)Oc1cccc2cc(S(=O)(=O)c3ccccc3)cnc12. The number of rotatable bonds is 6. The van der Waals surface area contributed by atoms with E-state index in [1.165, 1.54) is 6.20 Å². The summed E-state index contributed by atoms with van der Waals surface area (Å²) >= 11 is 0. The van der Waals surface area contributed by atoms with Gasteiger partial charge < -0.3 is 9.64 Å². The van der Waals surface area contributed by atoms with E-state index in [0.29, 0.717) is 11.3 Å². The average Bonchev–Trinajstić information content (AvgIpc) is 2.61. The van der Waals surface area contributed by atoms with Gasteiger partial charge in [-0.1, -0.05) is 30.3 Å². The number of aromatic nitrogens is 1. The summed E-state index contributed by atoms with van der Waals surface area (Å²) < 4.78 is 31.6. The van der Waals surface area contributed by atoms with Crippen molar-refractivity contribution in [1.82, 2.24) is 9.88 Å². The fourth-order valence-electron chi connectivity index (χ4n) is 2.86. The zero-order valence-electron chi connectivity index (χ0n) is 15.1. The lowest BCUT2D eigenvalue weighted by Gasteiger charge is -2.19. The molecule has 6 heteroatoms. The minimum atomic E-state index is -3.59. The van der Waals surface area contributed by atoms with Gasteiger partial charge in [0.05, 0.1) is 9.79 Å². The minimum Gasteiger partial charge on any atom is -0.487 e. The molecule has 0 aliphatic heterocycles. The third-order valence-corrected chi connectivity index (χ3v) is 5.70. The first-order chi connectivity index (χ1) is 12.4. The van der Waals surface area contributed by atoms with Gasteiger partial charge in [0.1, 0.15) is 17.4 Å². The Bertz CT molecular complexity index is 1000. The van der Waals surface area contributed by atoms with Gasteiger partial charge >= 0.3 is 0 Å². The molecule has 136 valence electrons. The molecule has 0 N–H and O–H groups in total. The summed E-state index contributed by atoms with van der Waals surface area (Å²) in [6.07, 6.45) is 1.39. The van der Waals surface area contributed by atoms with E-state index in [9.17, 15) is 8.42 Å². The van der Waals surface area contributed by atoms with Crippen LogP contribution < -0.4 is 4.74 Å². The number of benzene rings is 2. The molecule has 0 bridgehead atoms. The second kappa shape index (κ2) is 7.43. The van der Waals surface area contributed by atoms with Gasteiger partial charge in [0.2, 0.25) is 9.84 Å². The first-order valence-corrected chi connectivity index (χ1v) is 9.86. The first kappa shape index (κ1) is 18.4. The second-order valence-corrected chi connectivity index (χ2v) is 8.46. The van der Waals surface area contributed by atoms with Gasteiger partial charge in [0, 0.05) is 18.1 Å². The normalized spacial score (nSPS) is 13.1. The lowest BCUT2D eigenvalue weighted by Crippen LogP contribution is -2.28. The number of hydrogen-bond donors (Lipinski definition) is 0. The van der Waals surface area contributed by atoms with Gasteiger partial charge in [0.25, 0.3) is 0 Å². The molecule has 26 heavy (non-hydrogen) atoms. The van der Waals surface area contributed by atoms with Gasteiger partial charge in [-0.05, 0) is 45.3 Å². The van der Waals surface area contributed by atoms with E-state index in [-0.39, 0.29) is 15.9 Å². The molecule has 0 amide bonds. The molecule has 1 atom stereocenters. The van der Waals surface area contributed by atoms with Crippen molar-refractivity contribution in [2.24, 2.45) is 0 Å². The predicted octanol–water partition coefficient (Wildman–Crippen LogP) is 3.40. The summed E-state index contributed by atoms with van der Waals surface area (Å²) in [6, 6.07) is 15.6. The largest absolute Gasteiger partial charge is 0.487 e. The fraction of sp³-hybridized carbons (Fsp3) is 0.250. The zero-order valence-corrected chi connectivity index (χ0v) is 15.9. The van der Waals surface area contributed by atoms with E-state index in [4.69, 9.17) is 4.74 Å². The highest BCUT2D eigenvalue weighted by Crippen LogP contribution is 2.28. The van der Waals surface area contributed by atoms with Crippen LogP contribution in [0.2, 0.25) is 0 Å². The van der Waals surface area contributed by atoms with Crippen LogP contribution in [-0.4, -0.2) is 45.0 Å². The molecule has 3 aromatic rings. The molecule has 1 aromatic heterocycles. The van der Waals surface area contributed by atoms with Crippen molar-refractivity contribution in [3.63, 3.8) is 0 Å². The van der Waals surface area contributed by atoms with Gasteiger partial charge in [0.15, 0.2) is 0 Å². The number of sulfone groups is 1. The fourth-order valence-corrected chi connectivity index (χ4v) is 4.12. The molecule has 2 aromatic carbocycles. The van der Waals surface area contributed by atoms with Crippen molar-refractivity contribution in [2.45, 2.75) is 22.8 Å². The maximum absolute atomic E-state index is 12.8. The lowest BCUT2D eigenvalue weighted by atomic mass is 10.2. The number of nitrogens with zero attached hydrogens (tertiary/aromatic N) is 2. The van der Waals surface area contributed by atoms with Gasteiger partial charge in [-0.2, -0.15) is 0 Å². The Hall–Kier alpha value is -2.44. The number of para-hydroxylation sites is 1. The first-order valence-electron chi connectivity index (χ1n) is 8.38. The molecule has 3 rings (SSSR count). The van der Waals surface area contributed by atoms with E-state index < -0.39 is 9.84 Å². The van der Waals surface area contributed by atoms with E-state index in [1.54, 1.807) is 36.4 Å². The van der Waals surface area contributed by atoms with E-state index in [2.05, 4.69) is 4.98 Å². The van der Waals surface area contributed by atoms with Crippen molar-refractivity contribution in [1.29, 1.82) is 0 Å². The predicted molar refractivity (Wildman–Crippen MR) is 102 cm³/mol. The number of likely N-dealkylation sites (N-methyl/N-ethyl adjacent to an activating group) is 1. The quantitative estimate of drug-likeness (QED) is 0.666. The Morgan fingerprint density at radius 1 is 1.04 bits per heavy atom. The Morgan fingerprint density at radius 3 is 2.46 bits per heavy atom. The summed E-state index contributed by atoms with van der Waals surface area (Å²) in [7, 11) is 0.384. The van der Waals surface area contributed by atoms with Crippen LogP contribution in [-0.2, 0) is 9.84 Å². The molecule has 0 aliphatic rings. The van der Waals surface area contributed by atoms with Crippen molar-refractivity contribution in [3.8, 4) is 5.75 Å². The van der Waals surface area contributed by atoms with Gasteiger partial charge in [-0.25, -0.2) is 8.42 Å². The zero-order chi connectivity index (χ0) is 18.7. The van der Waals surface area contributed by atoms with Crippen LogP contribution in [0.25, 0.3) is 10.9 Å². The Morgan fingerprint density at radius 2 is 1.77 bits per heavy atom. The second-order valence-electron chi connectivity index (χ2n) is 6.51. The number of pyridine rings is 1. The maximum atomic E-state index is 12.8. The average molecular weight is 370 g/mol. The standard InChI is InChI=1S/C20H22N2O3S/c1-15(14-22(2)3)25-19-11-7-8-16-12-18(13-21-20(16)19)26(23,24)17-9-5-4-6-10-17/h4-13,15H,14H2,1-3H3. The maximum Gasteiger partial charge on any atom is 0.208 e. The lowest BCUT2D eigenvalue weighted by molar-refractivity contribution is 0.178. The smallest absolute Gasteiger partial charge is 0.208 e. The third kappa shape index (κ3) is 3.86. The Labute approximate surface area is 154 Å². The molecule has 0 spiro atoms. The summed E-state index contributed by atoms with van der Waals surface area (Å²) in [6.45, 7) is 2.77.